The summed E-state index contributed by atoms with van der Waals surface area (Å²) in [5, 5.41) is 3.59. The first-order valence-corrected chi connectivity index (χ1v) is 7.88. The summed E-state index contributed by atoms with van der Waals surface area (Å²) >= 11 is 3.36. The van der Waals surface area contributed by atoms with Gasteiger partial charge in [-0.2, -0.15) is 0 Å². The van der Waals surface area contributed by atoms with Crippen molar-refractivity contribution in [3.05, 3.63) is 45.2 Å². The molecule has 1 aromatic heterocycles. The molecule has 1 atom stereocenters. The van der Waals surface area contributed by atoms with Gasteiger partial charge in [0.25, 0.3) is 0 Å². The number of nitrogens with one attached hydrogen (secondary N) is 1. The van der Waals surface area contributed by atoms with Crippen molar-refractivity contribution < 1.29 is 4.79 Å². The molecule has 0 aliphatic carbocycles. The van der Waals surface area contributed by atoms with E-state index in [2.05, 4.69) is 28.2 Å². The number of pyridine rings is 1. The van der Waals surface area contributed by atoms with Crippen molar-refractivity contribution in [3.63, 3.8) is 0 Å². The summed E-state index contributed by atoms with van der Waals surface area (Å²) in [4.78, 5) is 24.0. The molecule has 1 heterocycles. The maximum atomic E-state index is 12.1. The van der Waals surface area contributed by atoms with Crippen molar-refractivity contribution in [1.82, 2.24) is 9.88 Å². The summed E-state index contributed by atoms with van der Waals surface area (Å²) in [6.07, 6.45) is 3.67. The zero-order valence-corrected chi connectivity index (χ0v) is 13.8. The molecule has 1 aromatic carbocycles. The normalized spacial score (nSPS) is 12.3. The number of carbonyl (C=O) groups excluding carboxylic acids is 1. The smallest absolute Gasteiger partial charge is 0.240 e. The second-order valence-electron chi connectivity index (χ2n) is 5.23. The summed E-state index contributed by atoms with van der Waals surface area (Å²) in [5.41, 5.74) is 0.728. The average Bonchev–Trinajstić information content (AvgIpc) is 2.42. The average molecular weight is 351 g/mol. The third-order valence-electron chi connectivity index (χ3n) is 3.38. The van der Waals surface area contributed by atoms with E-state index in [1.54, 1.807) is 16.8 Å². The zero-order valence-electron chi connectivity index (χ0n) is 12.2. The van der Waals surface area contributed by atoms with Gasteiger partial charge in [-0.15, -0.1) is 0 Å². The number of halogens is 1. The molecule has 5 heteroatoms. The van der Waals surface area contributed by atoms with E-state index in [-0.39, 0.29) is 23.9 Å². The molecule has 4 nitrogen and oxygen atoms in total. The van der Waals surface area contributed by atoms with Gasteiger partial charge in [-0.25, -0.2) is 0 Å². The molecule has 0 saturated carbocycles. The van der Waals surface area contributed by atoms with E-state index in [1.807, 2.05) is 19.1 Å². The highest BCUT2D eigenvalue weighted by atomic mass is 79.9. The van der Waals surface area contributed by atoms with Crippen LogP contribution < -0.4 is 10.7 Å². The summed E-state index contributed by atoms with van der Waals surface area (Å²) in [5.74, 6) is -0.0381. The fourth-order valence-electron chi connectivity index (χ4n) is 2.40. The van der Waals surface area contributed by atoms with Crippen LogP contribution in [-0.4, -0.2) is 16.5 Å². The van der Waals surface area contributed by atoms with E-state index < -0.39 is 0 Å². The van der Waals surface area contributed by atoms with Crippen LogP contribution in [0.4, 0.5) is 0 Å². The molecule has 2 rings (SSSR count). The number of fused-ring (bicyclic) bond motifs is 1. The van der Waals surface area contributed by atoms with Crippen LogP contribution in [0.3, 0.4) is 0 Å². The Kier molecular flexibility index (Phi) is 5.17. The van der Waals surface area contributed by atoms with Gasteiger partial charge in [-0.3, -0.25) is 9.59 Å². The Morgan fingerprint density at radius 2 is 2.14 bits per heavy atom. The predicted octanol–water partition coefficient (Wildman–Crippen LogP) is 3.07. The van der Waals surface area contributed by atoms with Gasteiger partial charge in [0.1, 0.15) is 6.54 Å². The Morgan fingerprint density at radius 3 is 2.86 bits per heavy atom. The Morgan fingerprint density at radius 1 is 1.38 bits per heavy atom. The molecule has 0 aliphatic heterocycles. The van der Waals surface area contributed by atoms with Crippen LogP contribution in [0.2, 0.25) is 0 Å². The lowest BCUT2D eigenvalue weighted by atomic mass is 10.2. The number of carbonyl (C=O) groups is 1. The number of aromatic nitrogens is 1. The second-order valence-corrected chi connectivity index (χ2v) is 6.14. The number of rotatable bonds is 5. The SMILES string of the molecule is CCC[C@@H](C)NC(=O)Cn1ccc(=O)c2cc(Br)ccc21. The molecule has 1 N–H and O–H groups in total. The topological polar surface area (TPSA) is 51.1 Å². The van der Waals surface area contributed by atoms with Gasteiger partial charge in [0, 0.05) is 28.2 Å². The monoisotopic (exact) mass is 350 g/mol. The van der Waals surface area contributed by atoms with Crippen molar-refractivity contribution in [1.29, 1.82) is 0 Å². The molecule has 1 amide bonds. The molecule has 2 aromatic rings. The molecular weight excluding hydrogens is 332 g/mol. The minimum Gasteiger partial charge on any atom is -0.352 e. The van der Waals surface area contributed by atoms with E-state index in [4.69, 9.17) is 0 Å². The first-order valence-electron chi connectivity index (χ1n) is 7.09. The molecule has 112 valence electrons. The van der Waals surface area contributed by atoms with Gasteiger partial charge >= 0.3 is 0 Å². The van der Waals surface area contributed by atoms with Crippen molar-refractivity contribution in [2.75, 3.05) is 0 Å². The fraction of sp³-hybridized carbons (Fsp3) is 0.375. The number of hydrogen-bond donors (Lipinski definition) is 1. The Bertz CT molecular complexity index is 709. The van der Waals surface area contributed by atoms with E-state index in [9.17, 15) is 9.59 Å². The summed E-state index contributed by atoms with van der Waals surface area (Å²) in [6, 6.07) is 7.17. The third kappa shape index (κ3) is 3.94. The van der Waals surface area contributed by atoms with E-state index >= 15 is 0 Å². The molecule has 0 aliphatic rings. The van der Waals surface area contributed by atoms with Gasteiger partial charge in [0.15, 0.2) is 5.43 Å². The van der Waals surface area contributed by atoms with Crippen LogP contribution in [0.5, 0.6) is 0 Å². The highest BCUT2D eigenvalue weighted by molar-refractivity contribution is 9.10. The van der Waals surface area contributed by atoms with Crippen molar-refractivity contribution in [2.45, 2.75) is 39.3 Å². The predicted molar refractivity (Wildman–Crippen MR) is 88.4 cm³/mol. The molecule has 0 fully saturated rings. The van der Waals surface area contributed by atoms with Crippen LogP contribution in [0.1, 0.15) is 26.7 Å². The molecule has 0 bridgehead atoms. The van der Waals surface area contributed by atoms with E-state index in [1.165, 1.54) is 6.07 Å². The lowest BCUT2D eigenvalue weighted by molar-refractivity contribution is -0.122. The fourth-order valence-corrected chi connectivity index (χ4v) is 2.76. The number of hydrogen-bond acceptors (Lipinski definition) is 2. The van der Waals surface area contributed by atoms with Crippen LogP contribution in [0.25, 0.3) is 10.9 Å². The first-order chi connectivity index (χ1) is 10.0. The molecule has 0 spiro atoms. The molecule has 0 saturated heterocycles. The van der Waals surface area contributed by atoms with Gasteiger partial charge in [0.2, 0.25) is 5.91 Å². The van der Waals surface area contributed by atoms with Gasteiger partial charge in [0.05, 0.1) is 5.52 Å². The standard InChI is InChI=1S/C16H19BrN2O2/c1-3-4-11(2)18-16(21)10-19-8-7-15(20)13-9-12(17)5-6-14(13)19/h5-9,11H,3-4,10H2,1-2H3,(H,18,21)/t11-/m1/s1. The van der Waals surface area contributed by atoms with Crippen molar-refractivity contribution in [2.24, 2.45) is 0 Å². The van der Waals surface area contributed by atoms with Gasteiger partial charge in [-0.1, -0.05) is 29.3 Å². The Hall–Kier alpha value is -1.62. The number of nitrogens with zero attached hydrogens (tertiary/aromatic N) is 1. The minimum absolute atomic E-state index is 0.0381. The summed E-state index contributed by atoms with van der Waals surface area (Å²) in [7, 11) is 0. The van der Waals surface area contributed by atoms with Gasteiger partial charge in [-0.05, 0) is 31.5 Å². The number of benzene rings is 1. The highest BCUT2D eigenvalue weighted by Crippen LogP contribution is 2.17. The van der Waals surface area contributed by atoms with Crippen LogP contribution in [-0.2, 0) is 11.3 Å². The van der Waals surface area contributed by atoms with Crippen molar-refractivity contribution >= 4 is 32.7 Å². The van der Waals surface area contributed by atoms with E-state index in [0.29, 0.717) is 5.39 Å². The largest absolute Gasteiger partial charge is 0.352 e. The quantitative estimate of drug-likeness (QED) is 0.900. The molecule has 0 unspecified atom stereocenters. The maximum absolute atomic E-state index is 12.1. The van der Waals surface area contributed by atoms with Crippen LogP contribution in [0.15, 0.2) is 39.7 Å². The summed E-state index contributed by atoms with van der Waals surface area (Å²) < 4.78 is 2.66. The van der Waals surface area contributed by atoms with Crippen LogP contribution in [0, 0.1) is 0 Å². The lowest BCUT2D eigenvalue weighted by Gasteiger charge is -2.15. The Labute approximate surface area is 132 Å². The first kappa shape index (κ1) is 15.8. The lowest BCUT2D eigenvalue weighted by Crippen LogP contribution is -2.35. The summed E-state index contributed by atoms with van der Waals surface area (Å²) in [6.45, 7) is 4.31. The highest BCUT2D eigenvalue weighted by Gasteiger charge is 2.09. The minimum atomic E-state index is -0.0395. The zero-order chi connectivity index (χ0) is 15.4. The van der Waals surface area contributed by atoms with Crippen LogP contribution >= 0.6 is 15.9 Å². The molecular formula is C16H19BrN2O2. The molecule has 0 radical (unpaired) electrons. The Balaban J connectivity index is 2.25. The van der Waals surface area contributed by atoms with Crippen molar-refractivity contribution in [3.8, 4) is 0 Å². The molecule has 21 heavy (non-hydrogen) atoms. The van der Waals surface area contributed by atoms with Gasteiger partial charge < -0.3 is 9.88 Å². The maximum Gasteiger partial charge on any atom is 0.240 e. The second kappa shape index (κ2) is 6.89. The van der Waals surface area contributed by atoms with E-state index in [0.717, 1.165) is 22.8 Å². The third-order valence-corrected chi connectivity index (χ3v) is 3.88. The number of amides is 1.